The number of nitrogens with zero attached hydrogens (tertiary/aromatic N) is 1. The number of aromatic carboxylic acids is 1. The van der Waals surface area contributed by atoms with Crippen molar-refractivity contribution in [3.05, 3.63) is 47.0 Å². The zero-order valence-electron chi connectivity index (χ0n) is 15.3. The second kappa shape index (κ2) is 8.28. The van der Waals surface area contributed by atoms with Gasteiger partial charge in [0.25, 0.3) is 10.0 Å². The van der Waals surface area contributed by atoms with E-state index < -0.39 is 16.0 Å². The van der Waals surface area contributed by atoms with Gasteiger partial charge in [0, 0.05) is 18.1 Å². The number of benzene rings is 2. The van der Waals surface area contributed by atoms with E-state index in [9.17, 15) is 18.3 Å². The Morgan fingerprint density at radius 3 is 2.50 bits per heavy atom. The highest BCUT2D eigenvalue weighted by atomic mass is 35.5. The summed E-state index contributed by atoms with van der Waals surface area (Å²) < 4.78 is 33.8. The number of methoxy groups -OCH3 is 1. The number of anilines is 2. The van der Waals surface area contributed by atoms with E-state index in [0.717, 1.165) is 38.4 Å². The van der Waals surface area contributed by atoms with E-state index in [2.05, 4.69) is 9.62 Å². The number of rotatable bonds is 6. The highest BCUT2D eigenvalue weighted by Crippen LogP contribution is 2.34. The first-order valence-corrected chi connectivity index (χ1v) is 10.7. The Balaban J connectivity index is 2.01. The molecule has 0 bridgehead atoms. The normalized spacial score (nSPS) is 14.6. The predicted molar refractivity (Wildman–Crippen MR) is 108 cm³/mol. The van der Waals surface area contributed by atoms with Gasteiger partial charge in [0.2, 0.25) is 0 Å². The molecular formula is C19H21ClN2O5S. The number of ether oxygens (including phenoxy) is 1. The van der Waals surface area contributed by atoms with Crippen LogP contribution in [0.1, 0.15) is 29.6 Å². The Hall–Kier alpha value is -2.45. The van der Waals surface area contributed by atoms with Crippen molar-refractivity contribution in [2.24, 2.45) is 0 Å². The highest BCUT2D eigenvalue weighted by molar-refractivity contribution is 7.92. The van der Waals surface area contributed by atoms with E-state index in [1.807, 2.05) is 0 Å². The van der Waals surface area contributed by atoms with Gasteiger partial charge in [0.1, 0.15) is 10.6 Å². The van der Waals surface area contributed by atoms with Gasteiger partial charge in [-0.1, -0.05) is 11.6 Å². The lowest BCUT2D eigenvalue weighted by Gasteiger charge is -2.30. The summed E-state index contributed by atoms with van der Waals surface area (Å²) in [6.45, 7) is 1.62. The number of halogens is 1. The largest absolute Gasteiger partial charge is 0.495 e. The number of carbonyl (C=O) groups is 1. The third kappa shape index (κ3) is 4.34. The van der Waals surface area contributed by atoms with Crippen LogP contribution in [-0.4, -0.2) is 39.7 Å². The molecule has 1 fully saturated rings. The summed E-state index contributed by atoms with van der Waals surface area (Å²) in [5.74, 6) is -1.16. The lowest BCUT2D eigenvalue weighted by molar-refractivity contribution is 0.0696. The van der Waals surface area contributed by atoms with Gasteiger partial charge in [-0.3, -0.25) is 4.72 Å². The van der Waals surface area contributed by atoms with Gasteiger partial charge >= 0.3 is 5.97 Å². The molecule has 2 N–H and O–H groups in total. The number of carboxylic acid groups (broad SMARTS) is 1. The molecular weight excluding hydrogens is 404 g/mol. The molecule has 150 valence electrons. The SMILES string of the molecule is COc1ccc(C(=O)O)cc1S(=O)(=O)Nc1ccc(Cl)cc1N1CCCCC1. The van der Waals surface area contributed by atoms with E-state index >= 15 is 0 Å². The second-order valence-corrected chi connectivity index (χ2v) is 8.57. The summed E-state index contributed by atoms with van der Waals surface area (Å²) in [4.78, 5) is 13.1. The number of nitrogens with one attached hydrogen (secondary N) is 1. The molecule has 1 saturated heterocycles. The maximum atomic E-state index is 13.0. The molecule has 0 unspecified atom stereocenters. The molecule has 7 nitrogen and oxygen atoms in total. The quantitative estimate of drug-likeness (QED) is 0.731. The molecule has 0 spiro atoms. The highest BCUT2D eigenvalue weighted by Gasteiger charge is 2.24. The van der Waals surface area contributed by atoms with Gasteiger partial charge < -0.3 is 14.7 Å². The van der Waals surface area contributed by atoms with Gasteiger partial charge in [0.15, 0.2) is 0 Å². The van der Waals surface area contributed by atoms with Crippen molar-refractivity contribution < 1.29 is 23.1 Å². The maximum absolute atomic E-state index is 13.0. The lowest BCUT2D eigenvalue weighted by Crippen LogP contribution is -2.30. The number of sulfonamides is 1. The Morgan fingerprint density at radius 2 is 1.86 bits per heavy atom. The minimum Gasteiger partial charge on any atom is -0.495 e. The van der Waals surface area contributed by atoms with Crippen LogP contribution in [0.4, 0.5) is 11.4 Å². The van der Waals surface area contributed by atoms with Crippen LogP contribution in [0.15, 0.2) is 41.3 Å². The molecule has 9 heteroatoms. The van der Waals surface area contributed by atoms with E-state index in [1.165, 1.54) is 19.2 Å². The summed E-state index contributed by atoms with van der Waals surface area (Å²) in [6, 6.07) is 8.65. The summed E-state index contributed by atoms with van der Waals surface area (Å²) in [5.41, 5.74) is 0.937. The first-order valence-electron chi connectivity index (χ1n) is 8.80. The van der Waals surface area contributed by atoms with Crippen molar-refractivity contribution in [1.29, 1.82) is 0 Å². The molecule has 0 amide bonds. The Morgan fingerprint density at radius 1 is 1.14 bits per heavy atom. The lowest BCUT2D eigenvalue weighted by atomic mass is 10.1. The number of piperidine rings is 1. The van der Waals surface area contributed by atoms with Crippen molar-refractivity contribution in [3.8, 4) is 5.75 Å². The van der Waals surface area contributed by atoms with Crippen molar-refractivity contribution in [2.75, 3.05) is 29.8 Å². The fourth-order valence-corrected chi connectivity index (χ4v) is 4.64. The third-order valence-electron chi connectivity index (χ3n) is 4.60. The molecule has 1 aliphatic heterocycles. The van der Waals surface area contributed by atoms with E-state index in [-0.39, 0.29) is 16.2 Å². The fraction of sp³-hybridized carbons (Fsp3) is 0.316. The summed E-state index contributed by atoms with van der Waals surface area (Å²) in [7, 11) is -2.76. The standard InChI is InChI=1S/C19H21ClN2O5S/c1-27-17-8-5-13(19(23)24)11-18(17)28(25,26)21-15-7-6-14(20)12-16(15)22-9-3-2-4-10-22/h5-8,11-12,21H,2-4,9-10H2,1H3,(H,23,24). The van der Waals surface area contributed by atoms with E-state index in [1.54, 1.807) is 18.2 Å². The van der Waals surface area contributed by atoms with E-state index in [4.69, 9.17) is 16.3 Å². The van der Waals surface area contributed by atoms with Crippen LogP contribution in [0.5, 0.6) is 5.75 Å². The van der Waals surface area contributed by atoms with Crippen LogP contribution in [-0.2, 0) is 10.0 Å². The summed E-state index contributed by atoms with van der Waals surface area (Å²) in [6.07, 6.45) is 3.18. The van der Waals surface area contributed by atoms with Crippen molar-refractivity contribution in [3.63, 3.8) is 0 Å². The molecule has 0 atom stereocenters. The molecule has 28 heavy (non-hydrogen) atoms. The Kier molecular flexibility index (Phi) is 6.00. The van der Waals surface area contributed by atoms with Crippen LogP contribution in [0.3, 0.4) is 0 Å². The zero-order valence-corrected chi connectivity index (χ0v) is 16.9. The molecule has 2 aromatic carbocycles. The average molecular weight is 425 g/mol. The van der Waals surface area contributed by atoms with Crippen LogP contribution >= 0.6 is 11.6 Å². The topological polar surface area (TPSA) is 95.9 Å². The minimum absolute atomic E-state index is 0.0611. The molecule has 0 aliphatic carbocycles. The summed E-state index contributed by atoms with van der Waals surface area (Å²) in [5, 5.41) is 9.70. The van der Waals surface area contributed by atoms with Gasteiger partial charge in [-0.15, -0.1) is 0 Å². The van der Waals surface area contributed by atoms with Crippen molar-refractivity contribution in [2.45, 2.75) is 24.2 Å². The molecule has 1 aliphatic rings. The van der Waals surface area contributed by atoms with Crippen LogP contribution in [0.2, 0.25) is 5.02 Å². The first-order chi connectivity index (χ1) is 13.3. The van der Waals surface area contributed by atoms with Crippen LogP contribution in [0.25, 0.3) is 0 Å². The number of hydrogen-bond donors (Lipinski definition) is 2. The molecule has 1 heterocycles. The van der Waals surface area contributed by atoms with Crippen LogP contribution < -0.4 is 14.4 Å². The zero-order chi connectivity index (χ0) is 20.3. The molecule has 0 aromatic heterocycles. The molecule has 0 saturated carbocycles. The monoisotopic (exact) mass is 424 g/mol. The van der Waals surface area contributed by atoms with Gasteiger partial charge in [0.05, 0.1) is 24.0 Å². The number of carboxylic acids is 1. The molecule has 3 rings (SSSR count). The van der Waals surface area contributed by atoms with Crippen molar-refractivity contribution in [1.82, 2.24) is 0 Å². The second-order valence-electron chi connectivity index (χ2n) is 6.49. The van der Waals surface area contributed by atoms with Gasteiger partial charge in [-0.05, 0) is 55.7 Å². The third-order valence-corrected chi connectivity index (χ3v) is 6.22. The van der Waals surface area contributed by atoms with Gasteiger partial charge in [-0.25, -0.2) is 13.2 Å². The fourth-order valence-electron chi connectivity index (χ4n) is 3.21. The van der Waals surface area contributed by atoms with Crippen molar-refractivity contribution >= 4 is 39.0 Å². The summed E-state index contributed by atoms with van der Waals surface area (Å²) >= 11 is 6.14. The van der Waals surface area contributed by atoms with Crippen LogP contribution in [0, 0.1) is 0 Å². The molecule has 0 radical (unpaired) electrons. The predicted octanol–water partition coefficient (Wildman–Crippen LogP) is 3.84. The van der Waals surface area contributed by atoms with E-state index in [0.29, 0.717) is 16.4 Å². The Bertz CT molecular complexity index is 988. The first kappa shape index (κ1) is 20.3. The maximum Gasteiger partial charge on any atom is 0.335 e. The minimum atomic E-state index is -4.09. The van der Waals surface area contributed by atoms with Gasteiger partial charge in [-0.2, -0.15) is 0 Å². The smallest absolute Gasteiger partial charge is 0.335 e. The average Bonchev–Trinajstić information content (AvgIpc) is 2.69. The Labute approximate surface area is 168 Å². The number of hydrogen-bond acceptors (Lipinski definition) is 5. The molecule has 2 aromatic rings.